The number of carbonyl (C=O) groups excluding carboxylic acids is 1. The Morgan fingerprint density at radius 2 is 2.10 bits per heavy atom. The lowest BCUT2D eigenvalue weighted by Crippen LogP contribution is -2.18. The lowest BCUT2D eigenvalue weighted by Gasteiger charge is -2.09. The summed E-state index contributed by atoms with van der Waals surface area (Å²) < 4.78 is 41.1. The first-order chi connectivity index (χ1) is 9.33. The zero-order valence-corrected chi connectivity index (χ0v) is 12.5. The van der Waals surface area contributed by atoms with Crippen LogP contribution in [0.2, 0.25) is 0 Å². The van der Waals surface area contributed by atoms with E-state index in [-0.39, 0.29) is 13.0 Å². The minimum Gasteiger partial charge on any atom is -0.465 e. The van der Waals surface area contributed by atoms with Crippen molar-refractivity contribution in [3.05, 3.63) is 33.8 Å². The van der Waals surface area contributed by atoms with Crippen LogP contribution in [0.25, 0.3) is 0 Å². The fraction of sp³-hybridized carbons (Fsp3) is 0.462. The summed E-state index contributed by atoms with van der Waals surface area (Å²) in [6, 6.07) is 4.97. The number of rotatable bonds is 6. The van der Waals surface area contributed by atoms with E-state index in [1.165, 1.54) is 7.11 Å². The van der Waals surface area contributed by atoms with Gasteiger partial charge in [-0.05, 0) is 30.7 Å². The number of hydrogen-bond acceptors (Lipinski definition) is 3. The van der Waals surface area contributed by atoms with Gasteiger partial charge in [-0.25, -0.2) is 4.79 Å². The molecule has 0 bridgehead atoms. The molecule has 0 heterocycles. The lowest BCUT2D eigenvalue weighted by atomic mass is 10.1. The van der Waals surface area contributed by atoms with Gasteiger partial charge in [-0.1, -0.05) is 22.0 Å². The fourth-order valence-electron chi connectivity index (χ4n) is 1.57. The maximum atomic E-state index is 11.9. The van der Waals surface area contributed by atoms with Crippen LogP contribution in [0.4, 0.5) is 13.2 Å². The van der Waals surface area contributed by atoms with Crippen LogP contribution in [-0.4, -0.2) is 25.8 Å². The number of benzene rings is 1. The van der Waals surface area contributed by atoms with Crippen molar-refractivity contribution < 1.29 is 22.7 Å². The second-order valence-electron chi connectivity index (χ2n) is 4.19. The van der Waals surface area contributed by atoms with Gasteiger partial charge in [0.15, 0.2) is 0 Å². The molecule has 7 heteroatoms. The van der Waals surface area contributed by atoms with Crippen LogP contribution in [0.3, 0.4) is 0 Å². The molecular formula is C13H15BrF3NO2. The van der Waals surface area contributed by atoms with Crippen molar-refractivity contribution in [2.45, 2.75) is 25.6 Å². The highest BCUT2D eigenvalue weighted by atomic mass is 79.9. The average molecular weight is 354 g/mol. The lowest BCUT2D eigenvalue weighted by molar-refractivity contribution is -0.135. The smallest absolute Gasteiger partial charge is 0.389 e. The molecule has 0 radical (unpaired) electrons. The first-order valence-electron chi connectivity index (χ1n) is 5.97. The maximum absolute atomic E-state index is 11.9. The molecular weight excluding hydrogens is 339 g/mol. The van der Waals surface area contributed by atoms with Crippen LogP contribution >= 0.6 is 15.9 Å². The number of esters is 1. The summed E-state index contributed by atoms with van der Waals surface area (Å²) in [5, 5.41) is 2.93. The first-order valence-corrected chi connectivity index (χ1v) is 6.77. The highest BCUT2D eigenvalue weighted by Crippen LogP contribution is 2.21. The summed E-state index contributed by atoms with van der Waals surface area (Å²) >= 11 is 3.32. The van der Waals surface area contributed by atoms with Gasteiger partial charge in [0.2, 0.25) is 0 Å². The summed E-state index contributed by atoms with van der Waals surface area (Å²) in [5.74, 6) is -0.435. The predicted molar refractivity (Wildman–Crippen MR) is 72.5 cm³/mol. The van der Waals surface area contributed by atoms with Crippen molar-refractivity contribution in [1.29, 1.82) is 0 Å². The molecule has 0 atom stereocenters. The molecule has 0 aliphatic heterocycles. The summed E-state index contributed by atoms with van der Waals surface area (Å²) in [5.41, 5.74) is 1.28. The number of hydrogen-bond donors (Lipinski definition) is 1. The monoisotopic (exact) mass is 353 g/mol. The molecule has 3 nitrogen and oxygen atoms in total. The average Bonchev–Trinajstić information content (AvgIpc) is 2.37. The second kappa shape index (κ2) is 7.64. The second-order valence-corrected chi connectivity index (χ2v) is 5.05. The molecule has 0 aliphatic carbocycles. The first kappa shape index (κ1) is 17.0. The van der Waals surface area contributed by atoms with E-state index in [9.17, 15) is 18.0 Å². The molecule has 112 valence electrons. The Hall–Kier alpha value is -1.08. The number of carbonyl (C=O) groups is 1. The Morgan fingerprint density at radius 1 is 1.40 bits per heavy atom. The van der Waals surface area contributed by atoms with E-state index in [2.05, 4.69) is 26.0 Å². The van der Waals surface area contributed by atoms with Crippen molar-refractivity contribution in [2.24, 2.45) is 0 Å². The van der Waals surface area contributed by atoms with E-state index in [1.54, 1.807) is 18.2 Å². The number of nitrogens with one attached hydrogen (secondary N) is 1. The zero-order chi connectivity index (χ0) is 15.2. The minimum absolute atomic E-state index is 0.0430. The number of alkyl halides is 3. The van der Waals surface area contributed by atoms with Crippen molar-refractivity contribution in [3.63, 3.8) is 0 Å². The fourth-order valence-corrected chi connectivity index (χ4v) is 2.09. The third-order valence-corrected chi connectivity index (χ3v) is 3.34. The van der Waals surface area contributed by atoms with Crippen LogP contribution in [0.15, 0.2) is 22.7 Å². The topological polar surface area (TPSA) is 38.3 Å². The molecule has 0 aliphatic rings. The van der Waals surface area contributed by atoms with Gasteiger partial charge in [-0.3, -0.25) is 0 Å². The molecule has 0 saturated heterocycles. The summed E-state index contributed by atoms with van der Waals surface area (Å²) in [7, 11) is 1.30. The molecule has 20 heavy (non-hydrogen) atoms. The number of ether oxygens (including phenoxy) is 1. The molecule has 1 aromatic rings. The van der Waals surface area contributed by atoms with Crippen molar-refractivity contribution >= 4 is 21.9 Å². The van der Waals surface area contributed by atoms with Crippen LogP contribution in [-0.2, 0) is 11.3 Å². The highest BCUT2D eigenvalue weighted by molar-refractivity contribution is 9.10. The Morgan fingerprint density at radius 3 is 2.65 bits per heavy atom. The summed E-state index contributed by atoms with van der Waals surface area (Å²) in [6.45, 7) is 0.713. The molecule has 0 saturated carbocycles. The van der Waals surface area contributed by atoms with Gasteiger partial charge in [0, 0.05) is 17.4 Å². The van der Waals surface area contributed by atoms with Gasteiger partial charge in [0.05, 0.1) is 12.7 Å². The Labute approximate surface area is 123 Å². The number of methoxy groups -OCH3 is 1. The van der Waals surface area contributed by atoms with Gasteiger partial charge >= 0.3 is 12.1 Å². The standard InChI is InChI=1S/C13H15BrF3NO2/c1-20-12(19)9-3-4-10(11(14)7-9)8-18-6-2-5-13(15,16)17/h3-4,7,18H,2,5-6,8H2,1H3. The van der Waals surface area contributed by atoms with Crippen molar-refractivity contribution in [1.82, 2.24) is 5.32 Å². The Bertz CT molecular complexity index is 463. The normalized spacial score (nSPS) is 11.4. The van der Waals surface area contributed by atoms with Crippen LogP contribution in [0, 0.1) is 0 Å². The SMILES string of the molecule is COC(=O)c1ccc(CNCCCC(F)(F)F)c(Br)c1. The van der Waals surface area contributed by atoms with Crippen molar-refractivity contribution in [3.8, 4) is 0 Å². The van der Waals surface area contributed by atoms with Gasteiger partial charge in [0.25, 0.3) is 0 Å². The van der Waals surface area contributed by atoms with Gasteiger partial charge in [0.1, 0.15) is 0 Å². The molecule has 0 amide bonds. The summed E-state index contributed by atoms with van der Waals surface area (Å²) in [6.07, 6.45) is -4.85. The van der Waals surface area contributed by atoms with Gasteiger partial charge < -0.3 is 10.1 Å². The molecule has 0 fully saturated rings. The van der Waals surface area contributed by atoms with E-state index in [1.807, 2.05) is 0 Å². The minimum atomic E-state index is -4.11. The van der Waals surface area contributed by atoms with Crippen molar-refractivity contribution in [2.75, 3.05) is 13.7 Å². The molecule has 1 aromatic carbocycles. The van der Waals surface area contributed by atoms with Gasteiger partial charge in [-0.2, -0.15) is 13.2 Å². The summed E-state index contributed by atoms with van der Waals surface area (Å²) in [4.78, 5) is 11.3. The van der Waals surface area contributed by atoms with Crippen LogP contribution < -0.4 is 5.32 Å². The largest absolute Gasteiger partial charge is 0.465 e. The molecule has 0 aromatic heterocycles. The highest BCUT2D eigenvalue weighted by Gasteiger charge is 2.25. The molecule has 0 spiro atoms. The van der Waals surface area contributed by atoms with Gasteiger partial charge in [-0.15, -0.1) is 0 Å². The van der Waals surface area contributed by atoms with E-state index in [4.69, 9.17) is 0 Å². The van der Waals surface area contributed by atoms with E-state index >= 15 is 0 Å². The molecule has 0 unspecified atom stereocenters. The van der Waals surface area contributed by atoms with Crippen LogP contribution in [0.5, 0.6) is 0 Å². The molecule has 1 N–H and O–H groups in total. The maximum Gasteiger partial charge on any atom is 0.389 e. The Kier molecular flexibility index (Phi) is 6.48. The quantitative estimate of drug-likeness (QED) is 0.626. The predicted octanol–water partition coefficient (Wildman–Crippen LogP) is 3.67. The third-order valence-electron chi connectivity index (χ3n) is 2.60. The van der Waals surface area contributed by atoms with Crippen LogP contribution in [0.1, 0.15) is 28.8 Å². The molecule has 1 rings (SSSR count). The Balaban J connectivity index is 2.43. The zero-order valence-electron chi connectivity index (χ0n) is 10.9. The third kappa shape index (κ3) is 5.92. The van der Waals surface area contributed by atoms with E-state index in [0.717, 1.165) is 5.56 Å². The van der Waals surface area contributed by atoms with E-state index in [0.29, 0.717) is 16.6 Å². The number of halogens is 4. The van der Waals surface area contributed by atoms with E-state index < -0.39 is 18.6 Å².